The van der Waals surface area contributed by atoms with Crippen LogP contribution in [0.2, 0.25) is 0 Å². The lowest BCUT2D eigenvalue weighted by atomic mass is 10.1. The molecule has 0 saturated heterocycles. The average Bonchev–Trinajstić information content (AvgIpc) is 2.88. The van der Waals surface area contributed by atoms with Gasteiger partial charge >= 0.3 is 6.18 Å². The van der Waals surface area contributed by atoms with Crippen LogP contribution >= 0.6 is 0 Å². The molecule has 0 atom stereocenters. The summed E-state index contributed by atoms with van der Waals surface area (Å²) in [6.45, 7) is 0.0305. The van der Waals surface area contributed by atoms with Gasteiger partial charge in [-0.15, -0.1) is 0 Å². The van der Waals surface area contributed by atoms with Crippen LogP contribution in [-0.4, -0.2) is 15.5 Å². The Balaban J connectivity index is 1.79. The van der Waals surface area contributed by atoms with Gasteiger partial charge in [0.1, 0.15) is 11.6 Å². The van der Waals surface area contributed by atoms with E-state index in [4.69, 9.17) is 0 Å². The predicted octanol–water partition coefficient (Wildman–Crippen LogP) is 3.66. The molecule has 4 nitrogen and oxygen atoms in total. The van der Waals surface area contributed by atoms with E-state index in [9.17, 15) is 22.4 Å². The summed E-state index contributed by atoms with van der Waals surface area (Å²) in [5, 5.41) is 2.50. The summed E-state index contributed by atoms with van der Waals surface area (Å²) >= 11 is 0. The maximum Gasteiger partial charge on any atom is 0.419 e. The van der Waals surface area contributed by atoms with Crippen molar-refractivity contribution in [3.63, 3.8) is 0 Å². The van der Waals surface area contributed by atoms with Crippen LogP contribution in [0.25, 0.3) is 11.0 Å². The highest BCUT2D eigenvalue weighted by molar-refractivity contribution is 5.94. The van der Waals surface area contributed by atoms with Gasteiger partial charge in [-0.3, -0.25) is 4.79 Å². The first-order valence-electron chi connectivity index (χ1n) is 7.32. The van der Waals surface area contributed by atoms with Gasteiger partial charge in [0.25, 0.3) is 5.91 Å². The maximum atomic E-state index is 13.3. The highest BCUT2D eigenvalue weighted by Gasteiger charge is 2.34. The fourth-order valence-corrected chi connectivity index (χ4v) is 2.50. The van der Waals surface area contributed by atoms with Crippen LogP contribution in [0, 0.1) is 5.82 Å². The van der Waals surface area contributed by atoms with Gasteiger partial charge in [0.2, 0.25) is 0 Å². The molecule has 130 valence electrons. The Hall–Kier alpha value is -2.90. The van der Waals surface area contributed by atoms with Gasteiger partial charge in [0.15, 0.2) is 0 Å². The number of alkyl halides is 3. The molecule has 0 radical (unpaired) electrons. The number of imidazole rings is 1. The van der Waals surface area contributed by atoms with Crippen molar-refractivity contribution >= 4 is 16.9 Å². The SMILES string of the molecule is Cn1c(CNC(=O)c2ccc(F)c(C(F)(F)F)c2)nc2ccccc21. The van der Waals surface area contributed by atoms with Gasteiger partial charge < -0.3 is 9.88 Å². The summed E-state index contributed by atoms with van der Waals surface area (Å²) < 4.78 is 53.3. The fourth-order valence-electron chi connectivity index (χ4n) is 2.50. The number of aryl methyl sites for hydroxylation is 1. The summed E-state index contributed by atoms with van der Waals surface area (Å²) in [5.74, 6) is -1.61. The van der Waals surface area contributed by atoms with Crippen LogP contribution in [-0.2, 0) is 19.8 Å². The number of hydrogen-bond donors (Lipinski definition) is 1. The molecule has 8 heteroatoms. The van der Waals surface area contributed by atoms with Gasteiger partial charge in [0, 0.05) is 12.6 Å². The molecule has 0 spiro atoms. The summed E-state index contributed by atoms with van der Waals surface area (Å²) in [6, 6.07) is 9.50. The Morgan fingerprint density at radius 2 is 1.92 bits per heavy atom. The Morgan fingerprint density at radius 3 is 2.60 bits per heavy atom. The van der Waals surface area contributed by atoms with Crippen LogP contribution in [0.5, 0.6) is 0 Å². The Labute approximate surface area is 140 Å². The Bertz CT molecular complexity index is 947. The molecule has 25 heavy (non-hydrogen) atoms. The molecule has 3 aromatic rings. The number of aromatic nitrogens is 2. The van der Waals surface area contributed by atoms with E-state index in [1.165, 1.54) is 0 Å². The number of para-hydroxylation sites is 2. The molecule has 2 aromatic carbocycles. The summed E-state index contributed by atoms with van der Waals surface area (Å²) in [5.41, 5.74) is -0.126. The molecule has 0 aliphatic heterocycles. The van der Waals surface area contributed by atoms with Crippen molar-refractivity contribution in [1.82, 2.24) is 14.9 Å². The molecule has 1 N–H and O–H groups in total. The lowest BCUT2D eigenvalue weighted by Gasteiger charge is -2.10. The third-order valence-electron chi connectivity index (χ3n) is 3.82. The Kier molecular flexibility index (Phi) is 4.20. The molecule has 0 aliphatic rings. The minimum Gasteiger partial charge on any atom is -0.345 e. The smallest absolute Gasteiger partial charge is 0.345 e. The molecule has 0 fully saturated rings. The molecule has 0 unspecified atom stereocenters. The highest BCUT2D eigenvalue weighted by atomic mass is 19.4. The van der Waals surface area contributed by atoms with Crippen LogP contribution in [0.15, 0.2) is 42.5 Å². The van der Waals surface area contributed by atoms with Crippen molar-refractivity contribution in [2.45, 2.75) is 12.7 Å². The maximum absolute atomic E-state index is 13.3. The van der Waals surface area contributed by atoms with E-state index >= 15 is 0 Å². The zero-order valence-corrected chi connectivity index (χ0v) is 13.1. The van der Waals surface area contributed by atoms with E-state index < -0.39 is 23.5 Å². The third-order valence-corrected chi connectivity index (χ3v) is 3.82. The molecular formula is C17H13F4N3O. The average molecular weight is 351 g/mol. The van der Waals surface area contributed by atoms with Crippen molar-refractivity contribution in [3.05, 3.63) is 65.2 Å². The fraction of sp³-hybridized carbons (Fsp3) is 0.176. The lowest BCUT2D eigenvalue weighted by molar-refractivity contribution is -0.140. The van der Waals surface area contributed by atoms with E-state index in [0.29, 0.717) is 18.0 Å². The first-order valence-corrected chi connectivity index (χ1v) is 7.32. The zero-order chi connectivity index (χ0) is 18.2. The number of nitrogens with one attached hydrogen (secondary N) is 1. The molecule has 3 rings (SSSR count). The summed E-state index contributed by atoms with van der Waals surface area (Å²) in [6.07, 6.45) is -4.86. The number of rotatable bonds is 3. The van der Waals surface area contributed by atoms with Crippen LogP contribution in [0.4, 0.5) is 17.6 Å². The molecule has 0 saturated carbocycles. The number of halogens is 4. The van der Waals surface area contributed by atoms with Crippen LogP contribution in [0.1, 0.15) is 21.7 Å². The molecular weight excluding hydrogens is 338 g/mol. The van der Waals surface area contributed by atoms with Gasteiger partial charge in [-0.2, -0.15) is 13.2 Å². The second kappa shape index (κ2) is 6.19. The third kappa shape index (κ3) is 3.33. The number of hydrogen-bond acceptors (Lipinski definition) is 2. The highest BCUT2D eigenvalue weighted by Crippen LogP contribution is 2.31. The first kappa shape index (κ1) is 16.9. The van der Waals surface area contributed by atoms with Crippen molar-refractivity contribution in [2.75, 3.05) is 0 Å². The van der Waals surface area contributed by atoms with Gasteiger partial charge in [-0.05, 0) is 30.3 Å². The minimum absolute atomic E-state index is 0.0305. The molecule has 1 aromatic heterocycles. The second-order valence-electron chi connectivity index (χ2n) is 5.45. The largest absolute Gasteiger partial charge is 0.419 e. The number of benzene rings is 2. The number of nitrogens with zero attached hydrogens (tertiary/aromatic N) is 2. The van der Waals surface area contributed by atoms with Crippen molar-refractivity contribution < 1.29 is 22.4 Å². The van der Waals surface area contributed by atoms with E-state index in [0.717, 1.165) is 17.1 Å². The lowest BCUT2D eigenvalue weighted by Crippen LogP contribution is -2.25. The normalized spacial score (nSPS) is 11.7. The topological polar surface area (TPSA) is 46.9 Å². The predicted molar refractivity (Wildman–Crippen MR) is 83.3 cm³/mol. The Morgan fingerprint density at radius 1 is 1.20 bits per heavy atom. The summed E-state index contributed by atoms with van der Waals surface area (Å²) in [7, 11) is 1.77. The van der Waals surface area contributed by atoms with Gasteiger partial charge in [-0.1, -0.05) is 12.1 Å². The number of carbonyl (C=O) groups excluding carboxylic acids is 1. The van der Waals surface area contributed by atoms with Gasteiger partial charge in [0.05, 0.1) is 23.1 Å². The standard InChI is InChI=1S/C17H13F4N3O/c1-24-14-5-3-2-4-13(14)23-15(24)9-22-16(25)10-6-7-12(18)11(8-10)17(19,20)21/h2-8H,9H2,1H3,(H,22,25). The first-order chi connectivity index (χ1) is 11.8. The molecule has 0 bridgehead atoms. The second-order valence-corrected chi connectivity index (χ2v) is 5.45. The van der Waals surface area contributed by atoms with Gasteiger partial charge in [-0.25, -0.2) is 9.37 Å². The van der Waals surface area contributed by atoms with Crippen molar-refractivity contribution in [1.29, 1.82) is 0 Å². The molecule has 1 amide bonds. The van der Waals surface area contributed by atoms with Crippen molar-refractivity contribution in [2.24, 2.45) is 7.05 Å². The van der Waals surface area contributed by atoms with E-state index in [1.807, 2.05) is 24.3 Å². The molecule has 1 heterocycles. The van der Waals surface area contributed by atoms with Crippen molar-refractivity contribution in [3.8, 4) is 0 Å². The quantitative estimate of drug-likeness (QED) is 0.732. The number of carbonyl (C=O) groups is 1. The summed E-state index contributed by atoms with van der Waals surface area (Å²) in [4.78, 5) is 16.5. The van der Waals surface area contributed by atoms with E-state index in [1.54, 1.807) is 11.6 Å². The monoisotopic (exact) mass is 351 g/mol. The van der Waals surface area contributed by atoms with E-state index in [2.05, 4.69) is 10.3 Å². The minimum atomic E-state index is -4.86. The van der Waals surface area contributed by atoms with E-state index in [-0.39, 0.29) is 12.1 Å². The molecule has 0 aliphatic carbocycles. The zero-order valence-electron chi connectivity index (χ0n) is 13.1. The number of amides is 1. The van der Waals surface area contributed by atoms with Crippen LogP contribution in [0.3, 0.4) is 0 Å². The van der Waals surface area contributed by atoms with Crippen LogP contribution < -0.4 is 5.32 Å². The number of fused-ring (bicyclic) bond motifs is 1.